The average molecular weight is 223 g/mol. The lowest BCUT2D eigenvalue weighted by atomic mass is 10.5. The van der Waals surface area contributed by atoms with Crippen LogP contribution >= 0.6 is 0 Å². The maximum absolute atomic E-state index is 4.95. The molecule has 0 spiro atoms. The van der Waals surface area contributed by atoms with Crippen LogP contribution in [-0.2, 0) is 11.3 Å². The Morgan fingerprint density at radius 1 is 1.56 bits per heavy atom. The third kappa shape index (κ3) is 2.57. The second kappa shape index (κ2) is 4.75. The van der Waals surface area contributed by atoms with E-state index < -0.39 is 0 Å². The maximum Gasteiger partial charge on any atom is 0.325 e. The lowest BCUT2D eigenvalue weighted by Crippen LogP contribution is -2.03. The van der Waals surface area contributed by atoms with E-state index in [9.17, 15) is 0 Å². The fourth-order valence-corrected chi connectivity index (χ4v) is 1.21. The Balaban J connectivity index is 1.97. The maximum atomic E-state index is 4.95. The molecule has 0 radical (unpaired) electrons. The fourth-order valence-electron chi connectivity index (χ4n) is 1.21. The number of nitrogens with zero attached hydrogens (tertiary/aromatic N) is 4. The number of hydrogen-bond donors (Lipinski definition) is 1. The molecule has 0 aliphatic heterocycles. The van der Waals surface area contributed by atoms with Crippen molar-refractivity contribution < 1.29 is 9.26 Å². The number of rotatable bonds is 5. The molecule has 1 N–H and O–H groups in total. The average Bonchev–Trinajstić information content (AvgIpc) is 2.86. The molecule has 0 amide bonds. The van der Waals surface area contributed by atoms with Crippen LogP contribution in [0.25, 0.3) is 0 Å². The summed E-state index contributed by atoms with van der Waals surface area (Å²) >= 11 is 0. The van der Waals surface area contributed by atoms with E-state index in [0.29, 0.717) is 25.0 Å². The van der Waals surface area contributed by atoms with E-state index in [1.54, 1.807) is 24.9 Å². The Hall–Kier alpha value is -1.89. The van der Waals surface area contributed by atoms with Gasteiger partial charge in [-0.15, -0.1) is 0 Å². The molecular formula is C9H13N5O2. The minimum Gasteiger partial charge on any atom is -0.383 e. The molecule has 0 aliphatic rings. The highest BCUT2D eigenvalue weighted by molar-refractivity contribution is 5.48. The van der Waals surface area contributed by atoms with E-state index in [1.807, 2.05) is 6.20 Å². The topological polar surface area (TPSA) is 78.0 Å². The normalized spacial score (nSPS) is 10.6. The minimum absolute atomic E-state index is 0.365. The quantitative estimate of drug-likeness (QED) is 0.813. The van der Waals surface area contributed by atoms with Crippen LogP contribution in [0.15, 0.2) is 16.9 Å². The Morgan fingerprint density at radius 3 is 3.12 bits per heavy atom. The van der Waals surface area contributed by atoms with Crippen LogP contribution in [-0.4, -0.2) is 33.6 Å². The summed E-state index contributed by atoms with van der Waals surface area (Å²) in [7, 11) is 1.66. The van der Waals surface area contributed by atoms with E-state index in [4.69, 9.17) is 9.26 Å². The highest BCUT2D eigenvalue weighted by Gasteiger charge is 2.04. The molecular weight excluding hydrogens is 210 g/mol. The summed E-state index contributed by atoms with van der Waals surface area (Å²) in [6.45, 7) is 3.10. The zero-order chi connectivity index (χ0) is 11.4. The van der Waals surface area contributed by atoms with E-state index in [-0.39, 0.29) is 0 Å². The molecule has 2 aromatic rings. The second-order valence-electron chi connectivity index (χ2n) is 3.26. The fraction of sp³-hybridized carbons (Fsp3) is 0.444. The number of ether oxygens (including phenoxy) is 1. The van der Waals surface area contributed by atoms with E-state index in [2.05, 4.69) is 20.6 Å². The molecule has 7 heteroatoms. The van der Waals surface area contributed by atoms with Gasteiger partial charge in [0.05, 0.1) is 25.0 Å². The van der Waals surface area contributed by atoms with Crippen LogP contribution < -0.4 is 5.32 Å². The molecule has 2 aromatic heterocycles. The molecule has 0 atom stereocenters. The van der Waals surface area contributed by atoms with Crippen molar-refractivity contribution in [3.63, 3.8) is 0 Å². The highest BCUT2D eigenvalue weighted by atomic mass is 16.5. The first-order chi connectivity index (χ1) is 7.78. The van der Waals surface area contributed by atoms with Crippen molar-refractivity contribution in [2.24, 2.45) is 0 Å². The van der Waals surface area contributed by atoms with E-state index >= 15 is 0 Å². The molecule has 0 aromatic carbocycles. The van der Waals surface area contributed by atoms with Gasteiger partial charge >= 0.3 is 6.01 Å². The number of anilines is 2. The first-order valence-electron chi connectivity index (χ1n) is 4.86. The van der Waals surface area contributed by atoms with Gasteiger partial charge in [0.2, 0.25) is 0 Å². The van der Waals surface area contributed by atoms with E-state index in [0.717, 1.165) is 5.69 Å². The Labute approximate surface area is 92.4 Å². The predicted molar refractivity (Wildman–Crippen MR) is 56.4 cm³/mol. The first kappa shape index (κ1) is 10.6. The molecule has 0 saturated carbocycles. The Morgan fingerprint density at radius 2 is 2.44 bits per heavy atom. The zero-order valence-electron chi connectivity index (χ0n) is 9.17. The Kier molecular flexibility index (Phi) is 3.16. The van der Waals surface area contributed by atoms with Crippen molar-refractivity contribution in [2.75, 3.05) is 19.0 Å². The monoisotopic (exact) mass is 223 g/mol. The zero-order valence-corrected chi connectivity index (χ0v) is 9.17. The van der Waals surface area contributed by atoms with Crippen molar-refractivity contribution in [1.82, 2.24) is 19.9 Å². The van der Waals surface area contributed by atoms with Gasteiger partial charge in [0.15, 0.2) is 5.82 Å². The van der Waals surface area contributed by atoms with Gasteiger partial charge in [-0.2, -0.15) is 10.1 Å². The molecule has 2 rings (SSSR count). The minimum atomic E-state index is 0.365. The second-order valence-corrected chi connectivity index (χ2v) is 3.26. The molecule has 0 saturated heterocycles. The molecule has 0 aliphatic carbocycles. The van der Waals surface area contributed by atoms with Crippen LogP contribution in [0.5, 0.6) is 0 Å². The van der Waals surface area contributed by atoms with Gasteiger partial charge in [-0.3, -0.25) is 4.68 Å². The third-order valence-electron chi connectivity index (χ3n) is 1.94. The molecule has 0 unspecified atom stereocenters. The molecule has 0 fully saturated rings. The molecule has 2 heterocycles. The molecule has 0 bridgehead atoms. The van der Waals surface area contributed by atoms with Gasteiger partial charge in [0, 0.05) is 13.3 Å². The number of nitrogens with one attached hydrogen (secondary N) is 1. The van der Waals surface area contributed by atoms with Crippen molar-refractivity contribution in [3.05, 3.63) is 18.2 Å². The van der Waals surface area contributed by atoms with E-state index in [1.165, 1.54) is 0 Å². The molecule has 86 valence electrons. The van der Waals surface area contributed by atoms with Gasteiger partial charge in [-0.25, -0.2) is 0 Å². The molecule has 7 nitrogen and oxygen atoms in total. The van der Waals surface area contributed by atoms with Crippen molar-refractivity contribution in [3.8, 4) is 0 Å². The van der Waals surface area contributed by atoms with Gasteiger partial charge in [-0.1, -0.05) is 5.16 Å². The summed E-state index contributed by atoms with van der Waals surface area (Å²) in [5.74, 6) is 0.592. The number of aryl methyl sites for hydroxylation is 1. The highest BCUT2D eigenvalue weighted by Crippen LogP contribution is 2.12. The standard InChI is InChI=1S/C9H13N5O2/c1-7-11-9(16-13-7)12-8-5-10-14(6-8)3-4-15-2/h5-6H,3-4H2,1-2H3,(H,11,12,13). The predicted octanol–water partition coefficient (Wildman–Crippen LogP) is 0.965. The lowest BCUT2D eigenvalue weighted by Gasteiger charge is -1.98. The summed E-state index contributed by atoms with van der Waals surface area (Å²) in [5.41, 5.74) is 0.805. The number of hydrogen-bond acceptors (Lipinski definition) is 6. The van der Waals surface area contributed by atoms with Crippen molar-refractivity contribution in [2.45, 2.75) is 13.5 Å². The van der Waals surface area contributed by atoms with Crippen molar-refractivity contribution >= 4 is 11.7 Å². The first-order valence-corrected chi connectivity index (χ1v) is 4.86. The third-order valence-corrected chi connectivity index (χ3v) is 1.94. The van der Waals surface area contributed by atoms with Crippen LogP contribution in [0.2, 0.25) is 0 Å². The van der Waals surface area contributed by atoms with Crippen LogP contribution in [0.4, 0.5) is 11.7 Å². The van der Waals surface area contributed by atoms with Gasteiger partial charge in [-0.05, 0) is 6.92 Å². The summed E-state index contributed by atoms with van der Waals surface area (Å²) in [5, 5.41) is 10.8. The Bertz CT molecular complexity index is 450. The largest absolute Gasteiger partial charge is 0.383 e. The summed E-state index contributed by atoms with van der Waals surface area (Å²) < 4.78 is 11.7. The summed E-state index contributed by atoms with van der Waals surface area (Å²) in [6, 6.07) is 0.365. The summed E-state index contributed by atoms with van der Waals surface area (Å²) in [4.78, 5) is 4.03. The number of methoxy groups -OCH3 is 1. The van der Waals surface area contributed by atoms with Crippen molar-refractivity contribution in [1.29, 1.82) is 0 Å². The lowest BCUT2D eigenvalue weighted by molar-refractivity contribution is 0.183. The van der Waals surface area contributed by atoms with Gasteiger partial charge < -0.3 is 14.6 Å². The SMILES string of the molecule is COCCn1cc(Nc2nc(C)no2)cn1. The van der Waals surface area contributed by atoms with Crippen LogP contribution in [0.1, 0.15) is 5.82 Å². The van der Waals surface area contributed by atoms with Crippen LogP contribution in [0, 0.1) is 6.92 Å². The van der Waals surface area contributed by atoms with Gasteiger partial charge in [0.25, 0.3) is 0 Å². The molecule has 16 heavy (non-hydrogen) atoms. The summed E-state index contributed by atoms with van der Waals surface area (Å²) in [6.07, 6.45) is 3.54. The van der Waals surface area contributed by atoms with Crippen LogP contribution in [0.3, 0.4) is 0 Å². The number of aromatic nitrogens is 4. The smallest absolute Gasteiger partial charge is 0.325 e. The van der Waals surface area contributed by atoms with Gasteiger partial charge in [0.1, 0.15) is 0 Å².